The average molecular weight is 248 g/mol. The first-order valence-corrected chi connectivity index (χ1v) is 6.58. The maximum atomic E-state index is 12.2. The van der Waals surface area contributed by atoms with Crippen LogP contribution in [0.2, 0.25) is 0 Å². The Morgan fingerprint density at radius 3 is 2.28 bits per heavy atom. The first-order chi connectivity index (χ1) is 8.48. The lowest BCUT2D eigenvalue weighted by molar-refractivity contribution is 0.0895. The van der Waals surface area contributed by atoms with Gasteiger partial charge in [0.1, 0.15) is 0 Å². The molecule has 0 saturated heterocycles. The van der Waals surface area contributed by atoms with Gasteiger partial charge in [0.25, 0.3) is 5.91 Å². The molecule has 1 aromatic carbocycles. The average Bonchev–Trinajstić information content (AvgIpc) is 2.39. The Bertz CT molecular complexity index is 414. The summed E-state index contributed by atoms with van der Waals surface area (Å²) in [6.45, 7) is 8.63. The van der Waals surface area contributed by atoms with Crippen molar-refractivity contribution in [2.45, 2.75) is 46.1 Å². The largest absolute Gasteiger partial charge is 0.345 e. The quantitative estimate of drug-likeness (QED) is 0.841. The van der Waals surface area contributed by atoms with Crippen LogP contribution in [0, 0.1) is 13.8 Å². The summed E-state index contributed by atoms with van der Waals surface area (Å²) in [6.07, 6.45) is 1.69. The Balaban J connectivity index is 2.90. The highest BCUT2D eigenvalue weighted by Crippen LogP contribution is 2.16. The van der Waals surface area contributed by atoms with E-state index in [1.807, 2.05) is 32.0 Å². The van der Waals surface area contributed by atoms with Crippen LogP contribution in [-0.4, -0.2) is 18.0 Å². The Hall–Kier alpha value is -1.35. The number of carbonyl (C=O) groups excluding carboxylic acids is 1. The number of rotatable bonds is 5. The number of amides is 1. The van der Waals surface area contributed by atoms with Gasteiger partial charge < -0.3 is 11.1 Å². The van der Waals surface area contributed by atoms with Crippen molar-refractivity contribution in [2.24, 2.45) is 5.73 Å². The van der Waals surface area contributed by atoms with Gasteiger partial charge in [-0.1, -0.05) is 19.9 Å². The molecule has 1 amide bonds. The molecule has 0 aliphatic heterocycles. The summed E-state index contributed by atoms with van der Waals surface area (Å²) in [6, 6.07) is 5.77. The SMILES string of the molecule is CCC(CC)(CN)NC(=O)c1ccc(C)c(C)c1. The Morgan fingerprint density at radius 1 is 1.22 bits per heavy atom. The molecule has 0 aliphatic carbocycles. The molecule has 0 heterocycles. The van der Waals surface area contributed by atoms with E-state index in [2.05, 4.69) is 19.2 Å². The Kier molecular flexibility index (Phi) is 4.91. The molecule has 1 aromatic rings. The fraction of sp³-hybridized carbons (Fsp3) is 0.533. The van der Waals surface area contributed by atoms with Gasteiger partial charge in [0.2, 0.25) is 0 Å². The summed E-state index contributed by atoms with van der Waals surface area (Å²) >= 11 is 0. The molecule has 3 N–H and O–H groups in total. The monoisotopic (exact) mass is 248 g/mol. The number of aryl methyl sites for hydroxylation is 2. The molecule has 18 heavy (non-hydrogen) atoms. The van der Waals surface area contributed by atoms with E-state index in [9.17, 15) is 4.79 Å². The minimum Gasteiger partial charge on any atom is -0.345 e. The van der Waals surface area contributed by atoms with Gasteiger partial charge in [0.05, 0.1) is 5.54 Å². The van der Waals surface area contributed by atoms with Crippen molar-refractivity contribution in [2.75, 3.05) is 6.54 Å². The summed E-state index contributed by atoms with van der Waals surface area (Å²) in [5.74, 6) is -0.0350. The van der Waals surface area contributed by atoms with E-state index >= 15 is 0 Å². The zero-order valence-corrected chi connectivity index (χ0v) is 11.8. The molecule has 0 spiro atoms. The molecule has 0 aliphatic rings. The van der Waals surface area contributed by atoms with Gasteiger partial charge in [-0.3, -0.25) is 4.79 Å². The van der Waals surface area contributed by atoms with Gasteiger partial charge in [-0.05, 0) is 49.9 Å². The van der Waals surface area contributed by atoms with Crippen LogP contribution in [-0.2, 0) is 0 Å². The third kappa shape index (κ3) is 3.10. The standard InChI is InChI=1S/C15H24N2O/c1-5-15(6-2,10-16)17-14(18)13-8-7-11(3)12(4)9-13/h7-9H,5-6,10,16H2,1-4H3,(H,17,18). The molecule has 0 atom stereocenters. The molecular weight excluding hydrogens is 224 g/mol. The summed E-state index contributed by atoms with van der Waals surface area (Å²) < 4.78 is 0. The van der Waals surface area contributed by atoms with E-state index in [1.54, 1.807) is 0 Å². The van der Waals surface area contributed by atoms with Crippen LogP contribution in [0.15, 0.2) is 18.2 Å². The van der Waals surface area contributed by atoms with Gasteiger partial charge in [0.15, 0.2) is 0 Å². The van der Waals surface area contributed by atoms with Crippen molar-refractivity contribution in [3.05, 3.63) is 34.9 Å². The summed E-state index contributed by atoms with van der Waals surface area (Å²) in [4.78, 5) is 12.2. The normalized spacial score (nSPS) is 11.4. The third-order valence-electron chi connectivity index (χ3n) is 3.89. The van der Waals surface area contributed by atoms with E-state index in [4.69, 9.17) is 5.73 Å². The van der Waals surface area contributed by atoms with Gasteiger partial charge >= 0.3 is 0 Å². The van der Waals surface area contributed by atoms with E-state index < -0.39 is 0 Å². The van der Waals surface area contributed by atoms with Crippen LogP contribution in [0.25, 0.3) is 0 Å². The van der Waals surface area contributed by atoms with Gasteiger partial charge in [-0.15, -0.1) is 0 Å². The fourth-order valence-corrected chi connectivity index (χ4v) is 1.96. The summed E-state index contributed by atoms with van der Waals surface area (Å²) in [7, 11) is 0. The maximum Gasteiger partial charge on any atom is 0.251 e. The Morgan fingerprint density at radius 2 is 1.83 bits per heavy atom. The molecule has 3 heteroatoms. The minimum absolute atomic E-state index is 0.0350. The van der Waals surface area contributed by atoms with E-state index in [1.165, 1.54) is 5.56 Å². The molecule has 0 fully saturated rings. The number of hydrogen-bond acceptors (Lipinski definition) is 2. The van der Waals surface area contributed by atoms with Gasteiger partial charge in [-0.2, -0.15) is 0 Å². The lowest BCUT2D eigenvalue weighted by Gasteiger charge is -2.31. The predicted octanol–water partition coefficient (Wildman–Crippen LogP) is 2.55. The van der Waals surface area contributed by atoms with Gasteiger partial charge in [-0.25, -0.2) is 0 Å². The number of nitrogens with two attached hydrogens (primary N) is 1. The van der Waals surface area contributed by atoms with Crippen molar-refractivity contribution in [1.29, 1.82) is 0 Å². The molecule has 0 radical (unpaired) electrons. The summed E-state index contributed by atoms with van der Waals surface area (Å²) in [5, 5.41) is 3.08. The first kappa shape index (κ1) is 14.7. The molecular formula is C15H24N2O. The number of nitrogens with one attached hydrogen (secondary N) is 1. The smallest absolute Gasteiger partial charge is 0.251 e. The number of benzene rings is 1. The van der Waals surface area contributed by atoms with Gasteiger partial charge in [0, 0.05) is 12.1 Å². The molecule has 3 nitrogen and oxygen atoms in total. The maximum absolute atomic E-state index is 12.2. The van der Waals surface area contributed by atoms with Crippen LogP contribution in [0.4, 0.5) is 0 Å². The number of hydrogen-bond donors (Lipinski definition) is 2. The van der Waals surface area contributed by atoms with E-state index in [0.29, 0.717) is 12.1 Å². The fourth-order valence-electron chi connectivity index (χ4n) is 1.96. The van der Waals surface area contributed by atoms with E-state index in [-0.39, 0.29) is 11.4 Å². The topological polar surface area (TPSA) is 55.1 Å². The minimum atomic E-state index is -0.282. The van der Waals surface area contributed by atoms with Crippen molar-refractivity contribution < 1.29 is 4.79 Å². The zero-order chi connectivity index (χ0) is 13.8. The second kappa shape index (κ2) is 6.01. The molecule has 0 bridgehead atoms. The van der Waals surface area contributed by atoms with E-state index in [0.717, 1.165) is 18.4 Å². The molecule has 0 unspecified atom stereocenters. The van der Waals surface area contributed by atoms with Crippen molar-refractivity contribution in [3.8, 4) is 0 Å². The van der Waals surface area contributed by atoms with Crippen molar-refractivity contribution in [1.82, 2.24) is 5.32 Å². The second-order valence-electron chi connectivity index (χ2n) is 4.94. The highest BCUT2D eigenvalue weighted by Gasteiger charge is 2.26. The molecule has 100 valence electrons. The lowest BCUT2D eigenvalue weighted by Crippen LogP contribution is -2.52. The first-order valence-electron chi connectivity index (χ1n) is 6.58. The second-order valence-corrected chi connectivity index (χ2v) is 4.94. The zero-order valence-electron chi connectivity index (χ0n) is 11.8. The predicted molar refractivity (Wildman–Crippen MR) is 75.7 cm³/mol. The van der Waals surface area contributed by atoms with Crippen LogP contribution >= 0.6 is 0 Å². The van der Waals surface area contributed by atoms with Crippen LogP contribution < -0.4 is 11.1 Å². The van der Waals surface area contributed by atoms with Crippen molar-refractivity contribution in [3.63, 3.8) is 0 Å². The highest BCUT2D eigenvalue weighted by atomic mass is 16.1. The van der Waals surface area contributed by atoms with Crippen LogP contribution in [0.5, 0.6) is 0 Å². The third-order valence-corrected chi connectivity index (χ3v) is 3.89. The van der Waals surface area contributed by atoms with Crippen LogP contribution in [0.1, 0.15) is 48.2 Å². The molecule has 1 rings (SSSR count). The molecule has 0 aromatic heterocycles. The van der Waals surface area contributed by atoms with Crippen LogP contribution in [0.3, 0.4) is 0 Å². The lowest BCUT2D eigenvalue weighted by atomic mass is 9.92. The highest BCUT2D eigenvalue weighted by molar-refractivity contribution is 5.95. The Labute approximate surface area is 110 Å². The number of carbonyl (C=O) groups is 1. The summed E-state index contributed by atoms with van der Waals surface area (Å²) in [5.41, 5.74) is 8.55. The van der Waals surface area contributed by atoms with Crippen molar-refractivity contribution >= 4 is 5.91 Å². The molecule has 0 saturated carbocycles.